The Morgan fingerprint density at radius 2 is 1.22 bits per heavy atom. The van der Waals surface area contributed by atoms with Crippen molar-refractivity contribution >= 4 is 68.4 Å². The Morgan fingerprint density at radius 1 is 0.565 bits per heavy atom. The Morgan fingerprint density at radius 3 is 2.09 bits per heavy atom. The number of nitrogens with zero attached hydrogens (tertiary/aromatic N) is 3. The molecule has 0 radical (unpaired) electrons. The summed E-state index contributed by atoms with van der Waals surface area (Å²) in [6, 6.07) is 27.1. The first-order chi connectivity index (χ1) is 22.8. The number of para-hydroxylation sites is 3. The van der Waals surface area contributed by atoms with Gasteiger partial charge in [0.1, 0.15) is 0 Å². The summed E-state index contributed by atoms with van der Waals surface area (Å²) in [6.07, 6.45) is 29.9. The van der Waals surface area contributed by atoms with Gasteiger partial charge in [-0.05, 0) is 80.2 Å². The highest BCUT2D eigenvalue weighted by Crippen LogP contribution is 2.44. The molecule has 222 valence electrons. The summed E-state index contributed by atoms with van der Waals surface area (Å²) in [7, 11) is 0. The monoisotopic (exact) mass is 593 g/mol. The lowest BCUT2D eigenvalue weighted by Crippen LogP contribution is -2.17. The van der Waals surface area contributed by atoms with Gasteiger partial charge in [-0.25, -0.2) is 0 Å². The van der Waals surface area contributed by atoms with E-state index >= 15 is 0 Å². The highest BCUT2D eigenvalue weighted by Gasteiger charge is 2.29. The largest absolute Gasteiger partial charge is 0.333 e. The van der Waals surface area contributed by atoms with Gasteiger partial charge in [0.15, 0.2) is 0 Å². The van der Waals surface area contributed by atoms with E-state index in [1.807, 2.05) is 0 Å². The van der Waals surface area contributed by atoms with E-state index in [0.717, 1.165) is 38.5 Å². The topological polar surface area (TPSA) is 14.8 Å². The molecule has 0 amide bonds. The van der Waals surface area contributed by atoms with Crippen molar-refractivity contribution in [3.8, 4) is 0 Å². The van der Waals surface area contributed by atoms with E-state index in [1.54, 1.807) is 0 Å². The summed E-state index contributed by atoms with van der Waals surface area (Å²) < 4.78 is 7.78. The zero-order valence-electron chi connectivity index (χ0n) is 25.9. The molecule has 0 fully saturated rings. The Hall–Kier alpha value is -5.28. The van der Waals surface area contributed by atoms with Crippen LogP contribution < -0.4 is 0 Å². The van der Waals surface area contributed by atoms with E-state index in [9.17, 15) is 0 Å². The normalized spacial score (nSPS) is 18.5. The number of benzene rings is 3. The number of fused-ring (bicyclic) bond motifs is 9. The van der Waals surface area contributed by atoms with Crippen molar-refractivity contribution < 1.29 is 0 Å². The second-order valence-electron chi connectivity index (χ2n) is 13.0. The molecule has 10 rings (SSSR count). The van der Waals surface area contributed by atoms with Crippen molar-refractivity contribution in [2.24, 2.45) is 0 Å². The van der Waals surface area contributed by atoms with Crippen LogP contribution in [-0.2, 0) is 12.8 Å². The van der Waals surface area contributed by atoms with Crippen LogP contribution in [0.25, 0.3) is 68.4 Å². The predicted molar refractivity (Wildman–Crippen MR) is 195 cm³/mol. The maximum Gasteiger partial charge on any atom is 0.0600 e. The Kier molecular flexibility index (Phi) is 5.72. The Bertz CT molecular complexity index is 2420. The highest BCUT2D eigenvalue weighted by molar-refractivity contribution is 5.98. The molecule has 4 aliphatic carbocycles. The van der Waals surface area contributed by atoms with Crippen molar-refractivity contribution in [3.63, 3.8) is 0 Å². The molecule has 6 aromatic rings. The minimum Gasteiger partial charge on any atom is -0.333 e. The molecule has 3 heterocycles. The molecule has 46 heavy (non-hydrogen) atoms. The molecule has 3 heteroatoms. The van der Waals surface area contributed by atoms with Gasteiger partial charge in [-0.3, -0.25) is 0 Å². The smallest absolute Gasteiger partial charge is 0.0600 e. The minimum absolute atomic E-state index is 0.139. The van der Waals surface area contributed by atoms with E-state index in [-0.39, 0.29) is 6.04 Å². The number of rotatable bonds is 3. The van der Waals surface area contributed by atoms with E-state index in [2.05, 4.69) is 147 Å². The van der Waals surface area contributed by atoms with Gasteiger partial charge in [0, 0.05) is 67.7 Å². The van der Waals surface area contributed by atoms with Crippen molar-refractivity contribution in [2.45, 2.75) is 44.6 Å². The van der Waals surface area contributed by atoms with E-state index in [1.165, 1.54) is 77.9 Å². The third-order valence-electron chi connectivity index (χ3n) is 10.5. The standard InChI is InChI=1S/C43H35N3/c1-2-14-32-33-15-4-9-21-39(33)44(38(32)20-3-1)29-26-30(45-40-22-10-5-16-34(40)35-17-6-11-23-41(35)45)28-31(27-29)46-42-24-12-7-18-36(42)37-19-8-13-25-43(37)46/h2-7,9-10,12-18,20-22,24-26,28-29H,1,8,11,19,23,27H2. The molecule has 0 bridgehead atoms. The molecule has 3 nitrogen and oxygen atoms in total. The average molecular weight is 594 g/mol. The van der Waals surface area contributed by atoms with Crippen LogP contribution in [0, 0.1) is 0 Å². The highest BCUT2D eigenvalue weighted by atomic mass is 15.1. The van der Waals surface area contributed by atoms with Crippen molar-refractivity contribution in [1.29, 1.82) is 0 Å². The molecule has 0 N–H and O–H groups in total. The molecule has 0 spiro atoms. The van der Waals surface area contributed by atoms with Gasteiger partial charge in [0.2, 0.25) is 0 Å². The zero-order chi connectivity index (χ0) is 30.2. The first-order valence-electron chi connectivity index (χ1n) is 16.8. The fourth-order valence-corrected chi connectivity index (χ4v) is 8.63. The lowest BCUT2D eigenvalue weighted by Gasteiger charge is -2.29. The summed E-state index contributed by atoms with van der Waals surface area (Å²) in [5, 5.41) is 4.05. The lowest BCUT2D eigenvalue weighted by atomic mass is 9.99. The predicted octanol–water partition coefficient (Wildman–Crippen LogP) is 10.9. The van der Waals surface area contributed by atoms with Crippen LogP contribution in [0.3, 0.4) is 0 Å². The van der Waals surface area contributed by atoms with Crippen LogP contribution >= 0.6 is 0 Å². The van der Waals surface area contributed by atoms with Crippen LogP contribution in [0.4, 0.5) is 0 Å². The molecular formula is C43H35N3. The van der Waals surface area contributed by atoms with Crippen LogP contribution in [-0.4, -0.2) is 13.7 Å². The van der Waals surface area contributed by atoms with Gasteiger partial charge in [-0.15, -0.1) is 0 Å². The van der Waals surface area contributed by atoms with E-state index in [4.69, 9.17) is 0 Å². The number of aromatic nitrogens is 3. The Balaban J connectivity index is 1.28. The number of allylic oxidation sites excluding steroid dienone is 8. The van der Waals surface area contributed by atoms with Crippen molar-refractivity contribution in [2.75, 3.05) is 0 Å². The van der Waals surface area contributed by atoms with E-state index < -0.39 is 0 Å². The summed E-state index contributed by atoms with van der Waals surface area (Å²) in [4.78, 5) is 0. The Labute approximate surface area is 269 Å². The van der Waals surface area contributed by atoms with Gasteiger partial charge < -0.3 is 13.7 Å². The molecule has 0 saturated heterocycles. The maximum absolute atomic E-state index is 2.62. The quantitative estimate of drug-likeness (QED) is 0.194. The molecule has 0 saturated carbocycles. The average Bonchev–Trinajstić information content (AvgIpc) is 3.66. The number of aryl methyl sites for hydroxylation is 1. The molecule has 3 aromatic heterocycles. The first kappa shape index (κ1) is 26.0. The van der Waals surface area contributed by atoms with Gasteiger partial charge >= 0.3 is 0 Å². The summed E-state index contributed by atoms with van der Waals surface area (Å²) in [5.74, 6) is 0. The van der Waals surface area contributed by atoms with Crippen LogP contribution in [0.5, 0.6) is 0 Å². The van der Waals surface area contributed by atoms with Gasteiger partial charge in [0.05, 0.1) is 17.1 Å². The van der Waals surface area contributed by atoms with Gasteiger partial charge in [-0.2, -0.15) is 0 Å². The van der Waals surface area contributed by atoms with Crippen molar-refractivity contribution in [3.05, 3.63) is 143 Å². The third-order valence-corrected chi connectivity index (χ3v) is 10.5. The first-order valence-corrected chi connectivity index (χ1v) is 16.8. The second kappa shape index (κ2) is 10.1. The number of hydrogen-bond acceptors (Lipinski definition) is 0. The molecule has 3 aromatic carbocycles. The molecule has 1 atom stereocenters. The summed E-state index contributed by atoms with van der Waals surface area (Å²) >= 11 is 0. The molecule has 4 aliphatic rings. The third kappa shape index (κ3) is 3.72. The lowest BCUT2D eigenvalue weighted by molar-refractivity contribution is 0.620. The summed E-state index contributed by atoms with van der Waals surface area (Å²) in [6.45, 7) is 0. The SMILES string of the molecule is C1=Cc2c(n(C3C=C(n4c5c(c6ccccc64)C=CCC5)C=C(n4c5c(c6ccccc64)CCC=C5)C3)c3ccccc23)C=CC1. The molecule has 0 aliphatic heterocycles. The zero-order valence-corrected chi connectivity index (χ0v) is 25.9. The fraction of sp³-hybridized carbons (Fsp3) is 0.163. The minimum atomic E-state index is 0.139. The number of hydrogen-bond donors (Lipinski definition) is 0. The summed E-state index contributed by atoms with van der Waals surface area (Å²) in [5.41, 5.74) is 14.8. The maximum atomic E-state index is 2.62. The van der Waals surface area contributed by atoms with Crippen LogP contribution in [0.1, 0.15) is 65.5 Å². The molecular weight excluding hydrogens is 558 g/mol. The molecule has 1 unspecified atom stereocenters. The van der Waals surface area contributed by atoms with E-state index in [0.29, 0.717) is 0 Å². The second-order valence-corrected chi connectivity index (χ2v) is 13.0. The van der Waals surface area contributed by atoms with Crippen LogP contribution in [0.15, 0.2) is 109 Å². The fourth-order valence-electron chi connectivity index (χ4n) is 8.63. The van der Waals surface area contributed by atoms with Gasteiger partial charge in [0.25, 0.3) is 0 Å². The van der Waals surface area contributed by atoms with Crippen molar-refractivity contribution in [1.82, 2.24) is 13.7 Å². The van der Waals surface area contributed by atoms with Gasteiger partial charge in [-0.1, -0.05) is 91.1 Å². The van der Waals surface area contributed by atoms with Crippen LogP contribution in [0.2, 0.25) is 0 Å².